The minimum atomic E-state index is -3.02. The molecule has 1 aliphatic rings. The molecule has 1 unspecified atom stereocenters. The first-order valence-electron chi connectivity index (χ1n) is 7.34. The Kier molecular flexibility index (Phi) is 6.97. The van der Waals surface area contributed by atoms with Crippen LogP contribution in [0.3, 0.4) is 0 Å². The molecular weight excluding hydrogens is 332 g/mol. The normalized spacial score (nSPS) is 15.5. The summed E-state index contributed by atoms with van der Waals surface area (Å²) in [6.07, 6.45) is 1.17. The lowest BCUT2D eigenvalue weighted by Gasteiger charge is -1.98. The Morgan fingerprint density at radius 3 is 2.13 bits per heavy atom. The summed E-state index contributed by atoms with van der Waals surface area (Å²) in [5, 5.41) is 1.92. The largest absolute Gasteiger partial charge is 0.454 e. The Morgan fingerprint density at radius 2 is 1.65 bits per heavy atom. The second-order valence-corrected chi connectivity index (χ2v) is 7.77. The Balaban J connectivity index is 0.000000208. The van der Waals surface area contributed by atoms with Crippen LogP contribution in [0.4, 0.5) is 0 Å². The Labute approximate surface area is 142 Å². The number of esters is 1. The average Bonchev–Trinajstić information content (AvgIpc) is 3.07. The molecule has 126 valence electrons. The van der Waals surface area contributed by atoms with Gasteiger partial charge in [0.1, 0.15) is 11.0 Å². The van der Waals surface area contributed by atoms with Crippen LogP contribution >= 0.6 is 11.3 Å². The van der Waals surface area contributed by atoms with Crippen molar-refractivity contribution in [2.75, 3.05) is 6.26 Å². The topological polar surface area (TPSA) is 60.4 Å². The maximum atomic E-state index is 10.9. The van der Waals surface area contributed by atoms with Crippen molar-refractivity contribution in [2.45, 2.75) is 38.7 Å². The molecule has 6 heteroatoms. The van der Waals surface area contributed by atoms with Crippen molar-refractivity contribution in [3.63, 3.8) is 0 Å². The third-order valence-corrected chi connectivity index (χ3v) is 5.09. The summed E-state index contributed by atoms with van der Waals surface area (Å²) in [4.78, 5) is 12.1. The van der Waals surface area contributed by atoms with E-state index in [1.54, 1.807) is 24.3 Å². The molecule has 23 heavy (non-hydrogen) atoms. The van der Waals surface area contributed by atoms with Gasteiger partial charge >= 0.3 is 5.97 Å². The molecule has 0 spiro atoms. The first kappa shape index (κ1) is 19.4. The molecule has 2 heterocycles. The molecule has 3 rings (SSSR count). The third kappa shape index (κ3) is 5.18. The lowest BCUT2D eigenvalue weighted by Crippen LogP contribution is -1.95. The van der Waals surface area contributed by atoms with Gasteiger partial charge in [0.15, 0.2) is 9.84 Å². The van der Waals surface area contributed by atoms with Gasteiger partial charge in [0.2, 0.25) is 0 Å². The van der Waals surface area contributed by atoms with Gasteiger partial charge in [0.25, 0.3) is 0 Å². The Morgan fingerprint density at radius 1 is 1.09 bits per heavy atom. The van der Waals surface area contributed by atoms with Gasteiger partial charge in [-0.1, -0.05) is 31.5 Å². The van der Waals surface area contributed by atoms with Gasteiger partial charge < -0.3 is 4.74 Å². The molecule has 0 aliphatic carbocycles. The second-order valence-electron chi connectivity index (χ2n) is 4.84. The van der Waals surface area contributed by atoms with Crippen molar-refractivity contribution in [3.05, 3.63) is 51.7 Å². The average molecular weight is 354 g/mol. The first-order chi connectivity index (χ1) is 10.8. The minimum absolute atomic E-state index is 0.0336. The highest BCUT2D eigenvalue weighted by molar-refractivity contribution is 7.90. The van der Waals surface area contributed by atoms with Crippen LogP contribution < -0.4 is 0 Å². The summed E-state index contributed by atoms with van der Waals surface area (Å²) >= 11 is 1.45. The summed E-state index contributed by atoms with van der Waals surface area (Å²) in [5.41, 5.74) is 2.10. The number of thiophene rings is 1. The van der Waals surface area contributed by atoms with Crippen LogP contribution in [0.25, 0.3) is 0 Å². The number of hydrogen-bond donors (Lipinski definition) is 0. The highest BCUT2D eigenvalue weighted by atomic mass is 32.2. The number of rotatable bonds is 1. The van der Waals surface area contributed by atoms with Gasteiger partial charge in [-0.3, -0.25) is 0 Å². The summed E-state index contributed by atoms with van der Waals surface area (Å²) in [6, 6.07) is 8.75. The van der Waals surface area contributed by atoms with Crippen molar-refractivity contribution < 1.29 is 17.9 Å². The minimum Gasteiger partial charge on any atom is -0.454 e. The van der Waals surface area contributed by atoms with Crippen molar-refractivity contribution in [1.29, 1.82) is 0 Å². The van der Waals surface area contributed by atoms with Crippen molar-refractivity contribution in [1.82, 2.24) is 0 Å². The summed E-state index contributed by atoms with van der Waals surface area (Å²) in [7, 11) is -3.02. The zero-order valence-electron chi connectivity index (χ0n) is 14.0. The van der Waals surface area contributed by atoms with E-state index >= 15 is 0 Å². The molecule has 0 saturated carbocycles. The molecule has 1 aliphatic heterocycles. The Bertz CT molecular complexity index is 743. The molecule has 1 aromatic carbocycles. The zero-order valence-corrected chi connectivity index (χ0v) is 15.6. The Hall–Kier alpha value is -1.66. The van der Waals surface area contributed by atoms with E-state index < -0.39 is 9.84 Å². The highest BCUT2D eigenvalue weighted by Crippen LogP contribution is 2.33. The van der Waals surface area contributed by atoms with Crippen LogP contribution in [0.5, 0.6) is 0 Å². The van der Waals surface area contributed by atoms with E-state index in [0.717, 1.165) is 16.0 Å². The maximum Gasteiger partial charge on any atom is 0.349 e. The van der Waals surface area contributed by atoms with Gasteiger partial charge in [-0.15, -0.1) is 11.3 Å². The monoisotopic (exact) mass is 354 g/mol. The lowest BCUT2D eigenvalue weighted by molar-refractivity contribution is 0.0424. The molecule has 0 N–H and O–H groups in total. The summed E-state index contributed by atoms with van der Waals surface area (Å²) < 4.78 is 26.8. The summed E-state index contributed by atoms with van der Waals surface area (Å²) in [6.45, 7) is 7.81. The number of benzene rings is 1. The van der Waals surface area contributed by atoms with Crippen LogP contribution in [0.15, 0.2) is 40.6 Å². The highest BCUT2D eigenvalue weighted by Gasteiger charge is 2.28. The van der Waals surface area contributed by atoms with Crippen LogP contribution in [0, 0.1) is 6.92 Å². The molecule has 2 aromatic rings. The molecule has 1 aromatic heterocycles. The number of sulfone groups is 1. The zero-order chi connectivity index (χ0) is 17.6. The molecule has 0 radical (unpaired) electrons. The predicted octanol–water partition coefficient (Wildman–Crippen LogP) is 4.40. The van der Waals surface area contributed by atoms with Gasteiger partial charge in [0.05, 0.1) is 4.90 Å². The molecule has 0 saturated heterocycles. The van der Waals surface area contributed by atoms with E-state index in [2.05, 4.69) is 0 Å². The number of carbonyl (C=O) groups is 1. The van der Waals surface area contributed by atoms with E-state index in [1.165, 1.54) is 17.6 Å². The number of carbonyl (C=O) groups excluding carboxylic acids is 1. The maximum absolute atomic E-state index is 10.9. The van der Waals surface area contributed by atoms with Gasteiger partial charge in [-0.2, -0.15) is 0 Å². The fourth-order valence-corrected chi connectivity index (χ4v) is 3.36. The quantitative estimate of drug-likeness (QED) is 0.712. The molecule has 0 fully saturated rings. The predicted molar refractivity (Wildman–Crippen MR) is 93.8 cm³/mol. The van der Waals surface area contributed by atoms with Gasteiger partial charge in [0, 0.05) is 11.8 Å². The van der Waals surface area contributed by atoms with Gasteiger partial charge in [-0.25, -0.2) is 13.2 Å². The molecule has 0 amide bonds. The number of hydrogen-bond acceptors (Lipinski definition) is 5. The number of aryl methyl sites for hydroxylation is 1. The third-order valence-electron chi connectivity index (χ3n) is 3.05. The smallest absolute Gasteiger partial charge is 0.349 e. The van der Waals surface area contributed by atoms with Crippen LogP contribution in [-0.2, 0) is 14.6 Å². The van der Waals surface area contributed by atoms with Crippen molar-refractivity contribution in [2.24, 2.45) is 0 Å². The van der Waals surface area contributed by atoms with Crippen LogP contribution in [0.2, 0.25) is 0 Å². The van der Waals surface area contributed by atoms with E-state index in [1.807, 2.05) is 39.1 Å². The van der Waals surface area contributed by atoms with Crippen LogP contribution in [0.1, 0.15) is 47.7 Å². The second kappa shape index (κ2) is 8.26. The standard InChI is InChI=1S/C8H10O2S.C7H6O2S.C2H6/c1-7-3-5-8(6-4-7)11(2,9)10;1-4-5-2-3-10-6(5)7(8)9-4;1-2/h3-6H,1-2H3;2-4H,1H3;1-2H3. The lowest BCUT2D eigenvalue weighted by atomic mass is 10.2. The first-order valence-corrected chi connectivity index (χ1v) is 10.1. The van der Waals surface area contributed by atoms with E-state index in [-0.39, 0.29) is 12.1 Å². The fraction of sp³-hybridized carbons (Fsp3) is 0.353. The molecular formula is C17H22O4S2. The SMILES string of the molecule is CC.CC1OC(=O)c2sccc21.Cc1ccc(S(C)(=O)=O)cc1. The molecule has 1 atom stereocenters. The van der Waals surface area contributed by atoms with E-state index in [0.29, 0.717) is 4.90 Å². The van der Waals surface area contributed by atoms with Crippen LogP contribution in [-0.4, -0.2) is 20.6 Å². The van der Waals surface area contributed by atoms with Crippen molar-refractivity contribution in [3.8, 4) is 0 Å². The van der Waals surface area contributed by atoms with E-state index in [9.17, 15) is 13.2 Å². The number of cyclic esters (lactones) is 1. The molecule has 4 nitrogen and oxygen atoms in total. The summed E-state index contributed by atoms with van der Waals surface area (Å²) in [5.74, 6) is -0.169. The van der Waals surface area contributed by atoms with E-state index in [4.69, 9.17) is 4.74 Å². The van der Waals surface area contributed by atoms with Gasteiger partial charge in [-0.05, 0) is 37.4 Å². The van der Waals surface area contributed by atoms with Crippen molar-refractivity contribution >= 4 is 27.1 Å². The molecule has 0 bridgehead atoms. The fourth-order valence-electron chi connectivity index (χ4n) is 1.87. The number of ether oxygens (including phenoxy) is 1. The number of fused-ring (bicyclic) bond motifs is 1.